The third-order valence-electron chi connectivity index (χ3n) is 4.58. The number of hydrogen-bond acceptors (Lipinski definition) is 5. The standard InChI is InChI=1S/C22H33N3O4/c1-7-27-19-13-16(14-20(28-8-2)21(19)29-9-3)22(26)23-15-18(24(4)5)17-11-10-12-25(17)6/h10-14,18H,7-9,15H2,1-6H3,(H,23,26). The fraction of sp³-hybridized carbons (Fsp3) is 0.500. The van der Waals surface area contributed by atoms with E-state index in [0.717, 1.165) is 5.69 Å². The third kappa shape index (κ3) is 5.67. The first-order valence-electron chi connectivity index (χ1n) is 10.0. The van der Waals surface area contributed by atoms with E-state index >= 15 is 0 Å². The van der Waals surface area contributed by atoms with Gasteiger partial charge in [0.05, 0.1) is 25.9 Å². The van der Waals surface area contributed by atoms with Crippen LogP contribution in [0.25, 0.3) is 0 Å². The molecule has 0 saturated carbocycles. The van der Waals surface area contributed by atoms with E-state index in [2.05, 4.69) is 20.9 Å². The van der Waals surface area contributed by atoms with E-state index < -0.39 is 0 Å². The number of aryl methyl sites for hydroxylation is 1. The number of aromatic nitrogens is 1. The molecular weight excluding hydrogens is 370 g/mol. The van der Waals surface area contributed by atoms with Gasteiger partial charge in [-0.1, -0.05) is 0 Å². The van der Waals surface area contributed by atoms with Crippen LogP contribution in [-0.2, 0) is 7.05 Å². The number of likely N-dealkylation sites (N-methyl/N-ethyl adjacent to an activating group) is 1. The number of hydrogen-bond donors (Lipinski definition) is 1. The Kier molecular flexibility index (Phi) is 8.39. The summed E-state index contributed by atoms with van der Waals surface area (Å²) in [5.74, 6) is 1.37. The van der Waals surface area contributed by atoms with Gasteiger partial charge in [0, 0.05) is 31.0 Å². The molecule has 1 atom stereocenters. The van der Waals surface area contributed by atoms with E-state index in [-0.39, 0.29) is 11.9 Å². The van der Waals surface area contributed by atoms with E-state index in [1.807, 2.05) is 54.2 Å². The minimum Gasteiger partial charge on any atom is -0.490 e. The van der Waals surface area contributed by atoms with Crippen molar-refractivity contribution in [1.82, 2.24) is 14.8 Å². The molecule has 0 aliphatic carbocycles. The number of nitrogens with one attached hydrogen (secondary N) is 1. The molecular formula is C22H33N3O4. The smallest absolute Gasteiger partial charge is 0.251 e. The zero-order chi connectivity index (χ0) is 21.4. The monoisotopic (exact) mass is 403 g/mol. The first-order chi connectivity index (χ1) is 13.9. The Labute approximate surface area is 173 Å². The molecule has 0 fully saturated rings. The van der Waals surface area contributed by atoms with Crippen molar-refractivity contribution in [2.45, 2.75) is 26.8 Å². The first-order valence-corrected chi connectivity index (χ1v) is 10.0. The van der Waals surface area contributed by atoms with E-state index in [9.17, 15) is 4.79 Å². The van der Waals surface area contributed by atoms with Gasteiger partial charge in [0.25, 0.3) is 5.91 Å². The first kappa shape index (κ1) is 22.6. The van der Waals surface area contributed by atoms with Crippen LogP contribution in [-0.4, -0.2) is 55.8 Å². The normalized spacial score (nSPS) is 12.0. The number of rotatable bonds is 11. The summed E-state index contributed by atoms with van der Waals surface area (Å²) in [7, 11) is 6.00. The van der Waals surface area contributed by atoms with Crippen LogP contribution in [0.3, 0.4) is 0 Å². The third-order valence-corrected chi connectivity index (χ3v) is 4.58. The van der Waals surface area contributed by atoms with Gasteiger partial charge < -0.3 is 24.1 Å². The molecule has 1 aromatic heterocycles. The van der Waals surface area contributed by atoms with E-state index in [1.165, 1.54) is 0 Å². The minimum atomic E-state index is -0.184. The highest BCUT2D eigenvalue weighted by atomic mass is 16.5. The van der Waals surface area contributed by atoms with Crippen LogP contribution >= 0.6 is 0 Å². The molecule has 1 aromatic carbocycles. The van der Waals surface area contributed by atoms with Crippen LogP contribution in [0.15, 0.2) is 30.5 Å². The molecule has 160 valence electrons. The maximum Gasteiger partial charge on any atom is 0.251 e. The molecule has 0 saturated heterocycles. The number of benzene rings is 1. The van der Waals surface area contributed by atoms with Crippen molar-refractivity contribution in [3.05, 3.63) is 41.7 Å². The summed E-state index contributed by atoms with van der Waals surface area (Å²) in [5, 5.41) is 3.04. The molecule has 0 aliphatic rings. The van der Waals surface area contributed by atoms with Crippen molar-refractivity contribution in [3.63, 3.8) is 0 Å². The molecule has 0 bridgehead atoms. The molecule has 7 nitrogen and oxygen atoms in total. The van der Waals surface area contributed by atoms with Gasteiger partial charge in [0.15, 0.2) is 11.5 Å². The second kappa shape index (κ2) is 10.8. The zero-order valence-corrected chi connectivity index (χ0v) is 18.3. The fourth-order valence-corrected chi connectivity index (χ4v) is 3.18. The summed E-state index contributed by atoms with van der Waals surface area (Å²) in [6, 6.07) is 7.54. The molecule has 1 unspecified atom stereocenters. The van der Waals surface area contributed by atoms with Gasteiger partial charge in [-0.25, -0.2) is 0 Å². The zero-order valence-electron chi connectivity index (χ0n) is 18.3. The largest absolute Gasteiger partial charge is 0.490 e. The second-order valence-corrected chi connectivity index (χ2v) is 6.83. The Morgan fingerprint density at radius 1 is 1.07 bits per heavy atom. The van der Waals surface area contributed by atoms with Crippen LogP contribution in [0.1, 0.15) is 42.9 Å². The summed E-state index contributed by atoms with van der Waals surface area (Å²) in [6.45, 7) is 7.57. The van der Waals surface area contributed by atoms with Gasteiger partial charge in [0.2, 0.25) is 5.75 Å². The molecule has 1 amide bonds. The summed E-state index contributed by atoms with van der Waals surface area (Å²) < 4.78 is 19.2. The van der Waals surface area contributed by atoms with Crippen molar-refractivity contribution in [2.24, 2.45) is 7.05 Å². The van der Waals surface area contributed by atoms with Crippen LogP contribution < -0.4 is 19.5 Å². The maximum absolute atomic E-state index is 12.9. The van der Waals surface area contributed by atoms with Crippen molar-refractivity contribution < 1.29 is 19.0 Å². The predicted octanol–water partition coefficient (Wildman–Crippen LogP) is 3.25. The van der Waals surface area contributed by atoms with Crippen molar-refractivity contribution in [1.29, 1.82) is 0 Å². The van der Waals surface area contributed by atoms with Crippen LogP contribution in [0.4, 0.5) is 0 Å². The second-order valence-electron chi connectivity index (χ2n) is 6.83. The van der Waals surface area contributed by atoms with Gasteiger partial charge in [-0.3, -0.25) is 9.69 Å². The minimum absolute atomic E-state index is 0.0550. The number of carbonyl (C=O) groups is 1. The Morgan fingerprint density at radius 3 is 2.10 bits per heavy atom. The summed E-state index contributed by atoms with van der Waals surface area (Å²) in [5.41, 5.74) is 1.61. The van der Waals surface area contributed by atoms with Crippen LogP contribution in [0, 0.1) is 0 Å². The molecule has 0 radical (unpaired) electrons. The quantitative estimate of drug-likeness (QED) is 0.624. The molecule has 29 heavy (non-hydrogen) atoms. The van der Waals surface area contributed by atoms with Crippen molar-refractivity contribution >= 4 is 5.91 Å². The lowest BCUT2D eigenvalue weighted by atomic mass is 10.1. The highest BCUT2D eigenvalue weighted by Gasteiger charge is 2.21. The Hall–Kier alpha value is -2.67. The summed E-state index contributed by atoms with van der Waals surface area (Å²) >= 11 is 0. The average molecular weight is 404 g/mol. The Morgan fingerprint density at radius 2 is 1.66 bits per heavy atom. The lowest BCUT2D eigenvalue weighted by Crippen LogP contribution is -2.35. The van der Waals surface area contributed by atoms with Crippen LogP contribution in [0.5, 0.6) is 17.2 Å². The van der Waals surface area contributed by atoms with E-state index in [0.29, 0.717) is 49.2 Å². The van der Waals surface area contributed by atoms with Crippen LogP contribution in [0.2, 0.25) is 0 Å². The van der Waals surface area contributed by atoms with Crippen molar-refractivity contribution in [2.75, 3.05) is 40.5 Å². The number of ether oxygens (including phenoxy) is 3. The SMILES string of the molecule is CCOc1cc(C(=O)NCC(c2cccn2C)N(C)C)cc(OCC)c1OCC. The molecule has 1 heterocycles. The lowest BCUT2D eigenvalue weighted by Gasteiger charge is -2.25. The highest BCUT2D eigenvalue weighted by Crippen LogP contribution is 2.39. The van der Waals surface area contributed by atoms with Gasteiger partial charge in [-0.15, -0.1) is 0 Å². The Bertz CT molecular complexity index is 774. The van der Waals surface area contributed by atoms with Gasteiger partial charge in [-0.05, 0) is 59.1 Å². The molecule has 0 aliphatic heterocycles. The number of nitrogens with zero attached hydrogens (tertiary/aromatic N) is 2. The number of amides is 1. The molecule has 2 rings (SSSR count). The van der Waals surface area contributed by atoms with Gasteiger partial charge in [-0.2, -0.15) is 0 Å². The van der Waals surface area contributed by atoms with E-state index in [4.69, 9.17) is 14.2 Å². The molecule has 0 spiro atoms. The summed E-state index contributed by atoms with van der Waals surface area (Å²) in [6.07, 6.45) is 2.00. The predicted molar refractivity (Wildman–Crippen MR) is 114 cm³/mol. The molecule has 1 N–H and O–H groups in total. The van der Waals surface area contributed by atoms with Gasteiger partial charge in [0.1, 0.15) is 0 Å². The molecule has 2 aromatic rings. The average Bonchev–Trinajstić information content (AvgIpc) is 3.10. The van der Waals surface area contributed by atoms with E-state index in [1.54, 1.807) is 12.1 Å². The lowest BCUT2D eigenvalue weighted by molar-refractivity contribution is 0.0940. The number of carbonyl (C=O) groups excluding carboxylic acids is 1. The topological polar surface area (TPSA) is 65.0 Å². The van der Waals surface area contributed by atoms with Gasteiger partial charge >= 0.3 is 0 Å². The summed E-state index contributed by atoms with van der Waals surface area (Å²) in [4.78, 5) is 15.0. The van der Waals surface area contributed by atoms with Crippen molar-refractivity contribution in [3.8, 4) is 17.2 Å². The Balaban J connectivity index is 2.25. The molecule has 7 heteroatoms. The maximum atomic E-state index is 12.9. The highest BCUT2D eigenvalue weighted by molar-refractivity contribution is 5.95. The fourth-order valence-electron chi connectivity index (χ4n) is 3.18.